The predicted octanol–water partition coefficient (Wildman–Crippen LogP) is 2.21. The lowest BCUT2D eigenvalue weighted by Crippen LogP contribution is -2.25. The van der Waals surface area contributed by atoms with Crippen molar-refractivity contribution in [3.8, 4) is 0 Å². The first kappa shape index (κ1) is 14.9. The summed E-state index contributed by atoms with van der Waals surface area (Å²) in [4.78, 5) is 7.35. The summed E-state index contributed by atoms with van der Waals surface area (Å²) in [7, 11) is 2.01. The van der Waals surface area contributed by atoms with Crippen molar-refractivity contribution in [1.82, 2.24) is 24.2 Å². The second kappa shape index (κ2) is 6.36. The summed E-state index contributed by atoms with van der Waals surface area (Å²) in [6.45, 7) is 6.66. The van der Waals surface area contributed by atoms with E-state index in [1.54, 1.807) is 0 Å². The Bertz CT molecular complexity index is 609. The van der Waals surface area contributed by atoms with Crippen LogP contribution in [0, 0.1) is 0 Å². The van der Waals surface area contributed by atoms with Crippen molar-refractivity contribution in [1.29, 1.82) is 0 Å². The van der Waals surface area contributed by atoms with E-state index in [9.17, 15) is 0 Å². The third-order valence-electron chi connectivity index (χ3n) is 4.36. The Kier molecular flexibility index (Phi) is 4.50. The average Bonchev–Trinajstić information content (AvgIpc) is 3.16. The molecule has 0 radical (unpaired) electrons. The summed E-state index contributed by atoms with van der Waals surface area (Å²) in [6.07, 6.45) is 4.40. The van der Waals surface area contributed by atoms with E-state index in [0.717, 1.165) is 48.6 Å². The smallest absolute Gasteiger partial charge is 0.158 e. The number of aryl methyl sites for hydroxylation is 3. The Morgan fingerprint density at radius 2 is 1.95 bits per heavy atom. The van der Waals surface area contributed by atoms with Gasteiger partial charge in [0.05, 0.1) is 5.69 Å². The number of halogens is 1. The molecular weight excluding hydrogens is 286 g/mol. The van der Waals surface area contributed by atoms with E-state index < -0.39 is 0 Å². The van der Waals surface area contributed by atoms with Crippen LogP contribution in [0.5, 0.6) is 0 Å². The van der Waals surface area contributed by atoms with Crippen LogP contribution in [-0.2, 0) is 26.4 Å². The predicted molar refractivity (Wildman–Crippen MR) is 86.0 cm³/mol. The highest BCUT2D eigenvalue weighted by Gasteiger charge is 2.19. The van der Waals surface area contributed by atoms with Gasteiger partial charge < -0.3 is 9.47 Å². The van der Waals surface area contributed by atoms with Gasteiger partial charge in [0, 0.05) is 32.4 Å². The second-order valence-corrected chi connectivity index (χ2v) is 6.14. The van der Waals surface area contributed by atoms with E-state index in [2.05, 4.69) is 21.5 Å². The van der Waals surface area contributed by atoms with Gasteiger partial charge in [-0.05, 0) is 32.4 Å². The van der Waals surface area contributed by atoms with E-state index in [0.29, 0.717) is 5.88 Å². The third-order valence-corrected chi connectivity index (χ3v) is 4.55. The molecule has 0 unspecified atom stereocenters. The summed E-state index contributed by atoms with van der Waals surface area (Å²) in [5.74, 6) is 1.71. The Morgan fingerprint density at radius 1 is 1.19 bits per heavy atom. The van der Waals surface area contributed by atoms with Gasteiger partial charge in [0.2, 0.25) is 0 Å². The molecule has 0 aliphatic carbocycles. The third kappa shape index (κ3) is 2.81. The molecule has 2 aromatic heterocycles. The molecular formula is C15H24ClN5. The highest BCUT2D eigenvalue weighted by molar-refractivity contribution is 6.17. The molecule has 0 bridgehead atoms. The topological polar surface area (TPSA) is 38.9 Å². The summed E-state index contributed by atoms with van der Waals surface area (Å²) < 4.78 is 4.30. The molecule has 1 aliphatic rings. The van der Waals surface area contributed by atoms with Crippen molar-refractivity contribution < 1.29 is 0 Å². The van der Waals surface area contributed by atoms with Gasteiger partial charge in [-0.3, -0.25) is 4.68 Å². The zero-order valence-corrected chi connectivity index (χ0v) is 13.7. The fraction of sp³-hybridized carbons (Fsp3) is 0.733. The highest BCUT2D eigenvalue weighted by atomic mass is 35.5. The molecule has 0 amide bonds. The molecule has 3 heterocycles. The van der Waals surface area contributed by atoms with Gasteiger partial charge in [-0.1, -0.05) is 6.92 Å². The van der Waals surface area contributed by atoms with Crippen molar-refractivity contribution in [2.24, 2.45) is 7.05 Å². The molecule has 2 aromatic rings. The molecule has 5 nitrogen and oxygen atoms in total. The van der Waals surface area contributed by atoms with E-state index in [1.807, 2.05) is 11.7 Å². The largest absolute Gasteiger partial charge is 0.312 e. The molecule has 0 aromatic carbocycles. The lowest BCUT2D eigenvalue weighted by Gasteiger charge is -2.16. The number of alkyl halides is 1. The summed E-state index contributed by atoms with van der Waals surface area (Å²) in [5.41, 5.74) is 3.29. The Hall–Kier alpha value is -1.07. The van der Waals surface area contributed by atoms with E-state index >= 15 is 0 Å². The Labute approximate surface area is 130 Å². The molecule has 1 aliphatic heterocycles. The van der Waals surface area contributed by atoms with Crippen LogP contribution in [0.25, 0.3) is 11.2 Å². The van der Waals surface area contributed by atoms with Gasteiger partial charge in [-0.15, -0.1) is 11.6 Å². The first-order valence-electron chi connectivity index (χ1n) is 7.94. The Morgan fingerprint density at radius 3 is 2.62 bits per heavy atom. The van der Waals surface area contributed by atoms with E-state index in [4.69, 9.17) is 16.6 Å². The minimum atomic E-state index is 0.613. The number of hydrogen-bond donors (Lipinski definition) is 0. The van der Waals surface area contributed by atoms with Gasteiger partial charge in [0.25, 0.3) is 0 Å². The van der Waals surface area contributed by atoms with Crippen LogP contribution < -0.4 is 0 Å². The zero-order valence-electron chi connectivity index (χ0n) is 13.0. The lowest BCUT2D eigenvalue weighted by atomic mass is 10.3. The number of aromatic nitrogens is 4. The number of hydrogen-bond acceptors (Lipinski definition) is 3. The van der Waals surface area contributed by atoms with Gasteiger partial charge >= 0.3 is 0 Å². The standard InChI is InChI=1S/C15H24ClN5/c1-3-12-14-15(19(2)18-12)21(13(17-14)6-7-16)11-10-20-8-4-5-9-20/h3-11H2,1-2H3. The molecule has 6 heteroatoms. The van der Waals surface area contributed by atoms with Crippen LogP contribution in [0.2, 0.25) is 0 Å². The van der Waals surface area contributed by atoms with Gasteiger partial charge in [-0.25, -0.2) is 4.98 Å². The van der Waals surface area contributed by atoms with Crippen molar-refractivity contribution in [3.05, 3.63) is 11.5 Å². The summed E-state index contributed by atoms with van der Waals surface area (Å²) >= 11 is 5.96. The zero-order chi connectivity index (χ0) is 14.8. The van der Waals surface area contributed by atoms with Gasteiger partial charge in [0.1, 0.15) is 11.3 Å². The maximum Gasteiger partial charge on any atom is 0.158 e. The Balaban J connectivity index is 1.92. The number of fused-ring (bicyclic) bond motifs is 1. The fourth-order valence-electron chi connectivity index (χ4n) is 3.28. The number of nitrogens with zero attached hydrogens (tertiary/aromatic N) is 5. The first-order chi connectivity index (χ1) is 10.2. The van der Waals surface area contributed by atoms with Crippen LogP contribution in [0.15, 0.2) is 0 Å². The SMILES string of the molecule is CCc1nn(C)c2c1nc(CCCl)n2CCN1CCCC1. The maximum absolute atomic E-state index is 5.96. The molecule has 0 N–H and O–H groups in total. The normalized spacial score (nSPS) is 16.3. The van der Waals surface area contributed by atoms with E-state index in [-0.39, 0.29) is 0 Å². The molecule has 3 rings (SSSR count). The number of rotatable bonds is 6. The molecule has 116 valence electrons. The summed E-state index contributed by atoms with van der Waals surface area (Å²) in [6, 6.07) is 0. The first-order valence-corrected chi connectivity index (χ1v) is 8.47. The quantitative estimate of drug-likeness (QED) is 0.768. The molecule has 0 saturated carbocycles. The monoisotopic (exact) mass is 309 g/mol. The van der Waals surface area contributed by atoms with Crippen LogP contribution in [0.4, 0.5) is 0 Å². The second-order valence-electron chi connectivity index (χ2n) is 5.76. The fourth-order valence-corrected chi connectivity index (χ4v) is 3.45. The van der Waals surface area contributed by atoms with Crippen LogP contribution >= 0.6 is 11.6 Å². The van der Waals surface area contributed by atoms with Crippen LogP contribution in [0.3, 0.4) is 0 Å². The van der Waals surface area contributed by atoms with Crippen LogP contribution in [0.1, 0.15) is 31.3 Å². The van der Waals surface area contributed by atoms with Crippen LogP contribution in [-0.4, -0.2) is 49.7 Å². The molecule has 1 saturated heterocycles. The van der Waals surface area contributed by atoms with Crippen molar-refractivity contribution in [2.45, 2.75) is 39.2 Å². The average molecular weight is 310 g/mol. The summed E-state index contributed by atoms with van der Waals surface area (Å²) in [5, 5.41) is 4.60. The molecule has 0 spiro atoms. The van der Waals surface area contributed by atoms with Crippen molar-refractivity contribution >= 4 is 22.8 Å². The van der Waals surface area contributed by atoms with E-state index in [1.165, 1.54) is 25.9 Å². The van der Waals surface area contributed by atoms with Gasteiger partial charge in [-0.2, -0.15) is 5.10 Å². The number of imidazole rings is 1. The highest BCUT2D eigenvalue weighted by Crippen LogP contribution is 2.21. The lowest BCUT2D eigenvalue weighted by molar-refractivity contribution is 0.321. The van der Waals surface area contributed by atoms with Crippen molar-refractivity contribution in [2.75, 3.05) is 25.5 Å². The van der Waals surface area contributed by atoms with Gasteiger partial charge in [0.15, 0.2) is 5.65 Å². The number of likely N-dealkylation sites (tertiary alicyclic amines) is 1. The van der Waals surface area contributed by atoms with Crippen molar-refractivity contribution in [3.63, 3.8) is 0 Å². The maximum atomic E-state index is 5.96. The molecule has 1 fully saturated rings. The minimum absolute atomic E-state index is 0.613. The molecule has 21 heavy (non-hydrogen) atoms. The molecule has 0 atom stereocenters. The minimum Gasteiger partial charge on any atom is -0.312 e.